The first-order valence-corrected chi connectivity index (χ1v) is 11.2. The van der Waals surface area contributed by atoms with Crippen molar-refractivity contribution in [3.8, 4) is 0 Å². The van der Waals surface area contributed by atoms with Gasteiger partial charge in [0.25, 0.3) is 0 Å². The van der Waals surface area contributed by atoms with Gasteiger partial charge in [-0.25, -0.2) is 0 Å². The molecule has 0 spiro atoms. The third kappa shape index (κ3) is 4.32. The Hall–Kier alpha value is -0.780. The highest BCUT2D eigenvalue weighted by Crippen LogP contribution is 2.58. The molecule has 3 rings (SSSR count). The van der Waals surface area contributed by atoms with Gasteiger partial charge >= 0.3 is 0 Å². The van der Waals surface area contributed by atoms with Crippen LogP contribution in [-0.2, 0) is 0 Å². The monoisotopic (exact) mass is 340 g/mol. The molecule has 0 aromatic carbocycles. The van der Waals surface area contributed by atoms with Gasteiger partial charge in [-0.1, -0.05) is 69.4 Å². The van der Waals surface area contributed by atoms with E-state index >= 15 is 0 Å². The first kappa shape index (κ1) is 19.0. The van der Waals surface area contributed by atoms with Crippen molar-refractivity contribution in [2.75, 3.05) is 0 Å². The average molecular weight is 341 g/mol. The van der Waals surface area contributed by atoms with E-state index in [-0.39, 0.29) is 0 Å². The fourth-order valence-electron chi connectivity index (χ4n) is 6.04. The largest absolute Gasteiger partial charge is 0.0956 e. The average Bonchev–Trinajstić information content (AvgIpc) is 2.95. The molecule has 3 aliphatic rings. The van der Waals surface area contributed by atoms with E-state index in [1.807, 2.05) is 0 Å². The Morgan fingerprint density at radius 3 is 2.64 bits per heavy atom. The van der Waals surface area contributed by atoms with Gasteiger partial charge in [-0.2, -0.15) is 0 Å². The maximum atomic E-state index is 4.30. The zero-order valence-electron chi connectivity index (χ0n) is 16.9. The van der Waals surface area contributed by atoms with Crippen molar-refractivity contribution in [1.29, 1.82) is 0 Å². The summed E-state index contributed by atoms with van der Waals surface area (Å²) < 4.78 is 0. The molecular weight excluding hydrogens is 300 g/mol. The fraction of sp³-hybridized carbons (Fsp3) is 0.760. The van der Waals surface area contributed by atoms with Crippen LogP contribution in [0.2, 0.25) is 0 Å². The molecule has 0 nitrogen and oxygen atoms in total. The summed E-state index contributed by atoms with van der Waals surface area (Å²) in [6.07, 6.45) is 24.5. The van der Waals surface area contributed by atoms with Crippen LogP contribution in [0.15, 0.2) is 35.5 Å². The predicted octanol–water partition coefficient (Wildman–Crippen LogP) is 8.16. The number of rotatable bonds is 6. The second kappa shape index (κ2) is 8.74. The van der Waals surface area contributed by atoms with E-state index in [9.17, 15) is 0 Å². The van der Waals surface area contributed by atoms with E-state index in [4.69, 9.17) is 0 Å². The Labute approximate surface area is 156 Å². The smallest absolute Gasteiger partial charge is 0.0143 e. The first-order chi connectivity index (χ1) is 12.1. The van der Waals surface area contributed by atoms with Gasteiger partial charge in [0.15, 0.2) is 0 Å². The second-order valence-corrected chi connectivity index (χ2v) is 9.28. The Morgan fingerprint density at radius 1 is 1.00 bits per heavy atom. The molecule has 3 aliphatic carbocycles. The molecule has 3 unspecified atom stereocenters. The molecule has 0 bridgehead atoms. The summed E-state index contributed by atoms with van der Waals surface area (Å²) in [4.78, 5) is 0. The minimum Gasteiger partial charge on any atom is -0.0956 e. The standard InChI is InChI=1S/C25H40/c1-4-5-6-7-14-23-17-18-24-22(13-10-19-25(23,24)3)16-15-21-12-9-8-11-20(21)2/h15-16,23-24H,2,4-14,17-19H2,1,3H3/b21-15-,22-16+. The molecule has 0 heterocycles. The molecule has 3 fully saturated rings. The van der Waals surface area contributed by atoms with E-state index in [1.54, 1.807) is 11.1 Å². The SMILES string of the molecule is C=C1CCCC/C1=C/C=C1\CCCC2(C)C(CCCCCC)CCC12. The number of fused-ring (bicyclic) bond motifs is 1. The summed E-state index contributed by atoms with van der Waals surface area (Å²) in [5.74, 6) is 1.85. The van der Waals surface area contributed by atoms with Crippen LogP contribution in [0.3, 0.4) is 0 Å². The van der Waals surface area contributed by atoms with Crippen molar-refractivity contribution in [1.82, 2.24) is 0 Å². The normalized spacial score (nSPS) is 36.2. The minimum atomic E-state index is 0.596. The topological polar surface area (TPSA) is 0 Å². The van der Waals surface area contributed by atoms with Gasteiger partial charge in [-0.15, -0.1) is 0 Å². The molecule has 0 amide bonds. The Morgan fingerprint density at radius 2 is 1.84 bits per heavy atom. The highest BCUT2D eigenvalue weighted by molar-refractivity contribution is 5.35. The minimum absolute atomic E-state index is 0.596. The van der Waals surface area contributed by atoms with Gasteiger partial charge in [0.1, 0.15) is 0 Å². The Bertz CT molecular complexity index is 520. The van der Waals surface area contributed by atoms with Crippen molar-refractivity contribution < 1.29 is 0 Å². The second-order valence-electron chi connectivity index (χ2n) is 9.28. The highest BCUT2D eigenvalue weighted by Gasteiger charge is 2.48. The van der Waals surface area contributed by atoms with E-state index in [0.29, 0.717) is 5.41 Å². The van der Waals surface area contributed by atoms with Crippen LogP contribution in [0.25, 0.3) is 0 Å². The van der Waals surface area contributed by atoms with Crippen LogP contribution in [0.4, 0.5) is 0 Å². The van der Waals surface area contributed by atoms with Gasteiger partial charge in [0.05, 0.1) is 0 Å². The summed E-state index contributed by atoms with van der Waals surface area (Å²) in [7, 11) is 0. The molecule has 0 radical (unpaired) electrons. The van der Waals surface area contributed by atoms with Crippen LogP contribution in [-0.4, -0.2) is 0 Å². The molecule has 0 N–H and O–H groups in total. The molecule has 0 heteroatoms. The molecule has 140 valence electrons. The lowest BCUT2D eigenvalue weighted by molar-refractivity contribution is 0.127. The maximum Gasteiger partial charge on any atom is -0.0143 e. The van der Waals surface area contributed by atoms with Gasteiger partial charge in [-0.05, 0) is 87.0 Å². The van der Waals surface area contributed by atoms with E-state index < -0.39 is 0 Å². The molecule has 25 heavy (non-hydrogen) atoms. The molecule has 0 saturated heterocycles. The van der Waals surface area contributed by atoms with Gasteiger partial charge in [0.2, 0.25) is 0 Å². The number of allylic oxidation sites excluding steroid dienone is 5. The summed E-state index contributed by atoms with van der Waals surface area (Å²) >= 11 is 0. The van der Waals surface area contributed by atoms with E-state index in [1.165, 1.54) is 95.5 Å². The van der Waals surface area contributed by atoms with Crippen molar-refractivity contribution in [3.63, 3.8) is 0 Å². The summed E-state index contributed by atoms with van der Waals surface area (Å²) in [5, 5.41) is 0. The molecular formula is C25H40. The summed E-state index contributed by atoms with van der Waals surface area (Å²) in [5.41, 5.74) is 5.32. The zero-order chi connectivity index (χ0) is 17.7. The summed E-state index contributed by atoms with van der Waals surface area (Å²) in [6.45, 7) is 9.26. The Kier molecular flexibility index (Phi) is 6.64. The van der Waals surface area contributed by atoms with Crippen LogP contribution < -0.4 is 0 Å². The van der Waals surface area contributed by atoms with Crippen LogP contribution in [0.1, 0.15) is 104 Å². The highest BCUT2D eigenvalue weighted by atomic mass is 14.5. The Balaban J connectivity index is 1.66. The lowest BCUT2D eigenvalue weighted by Gasteiger charge is -2.42. The maximum absolute atomic E-state index is 4.30. The molecule has 3 saturated carbocycles. The van der Waals surface area contributed by atoms with Crippen molar-refractivity contribution in [2.24, 2.45) is 17.3 Å². The number of unbranched alkanes of at least 4 members (excludes halogenated alkanes) is 3. The van der Waals surface area contributed by atoms with Crippen molar-refractivity contribution in [2.45, 2.75) is 104 Å². The number of hydrogen-bond donors (Lipinski definition) is 0. The lowest BCUT2D eigenvalue weighted by Crippen LogP contribution is -2.33. The molecule has 0 aromatic rings. The van der Waals surface area contributed by atoms with E-state index in [2.05, 4.69) is 32.6 Å². The van der Waals surface area contributed by atoms with Crippen molar-refractivity contribution in [3.05, 3.63) is 35.5 Å². The zero-order valence-corrected chi connectivity index (χ0v) is 16.9. The van der Waals surface area contributed by atoms with E-state index in [0.717, 1.165) is 11.8 Å². The van der Waals surface area contributed by atoms with Crippen molar-refractivity contribution >= 4 is 0 Å². The lowest BCUT2D eigenvalue weighted by atomic mass is 9.62. The first-order valence-electron chi connectivity index (χ1n) is 11.2. The third-order valence-electron chi connectivity index (χ3n) is 7.69. The summed E-state index contributed by atoms with van der Waals surface area (Å²) in [6, 6.07) is 0. The molecule has 0 aromatic heterocycles. The van der Waals surface area contributed by atoms with Gasteiger partial charge < -0.3 is 0 Å². The van der Waals surface area contributed by atoms with Crippen LogP contribution >= 0.6 is 0 Å². The van der Waals surface area contributed by atoms with Gasteiger partial charge in [-0.3, -0.25) is 0 Å². The fourth-order valence-corrected chi connectivity index (χ4v) is 6.04. The van der Waals surface area contributed by atoms with Gasteiger partial charge in [0, 0.05) is 0 Å². The molecule has 3 atom stereocenters. The number of hydrogen-bond acceptors (Lipinski definition) is 0. The van der Waals surface area contributed by atoms with Crippen LogP contribution in [0.5, 0.6) is 0 Å². The third-order valence-corrected chi connectivity index (χ3v) is 7.69. The predicted molar refractivity (Wildman–Crippen MR) is 111 cm³/mol. The van der Waals surface area contributed by atoms with Crippen LogP contribution in [0, 0.1) is 17.3 Å². The quantitative estimate of drug-likeness (QED) is 0.428. The molecule has 0 aliphatic heterocycles.